The molecule has 21 heavy (non-hydrogen) atoms. The van der Waals surface area contributed by atoms with E-state index in [4.69, 9.17) is 0 Å². The van der Waals surface area contributed by atoms with Crippen LogP contribution in [0.4, 0.5) is 0 Å². The predicted molar refractivity (Wildman–Crippen MR) is 89.4 cm³/mol. The molecule has 0 aliphatic heterocycles. The number of rotatable bonds is 4. The van der Waals surface area contributed by atoms with Crippen molar-refractivity contribution in [1.82, 2.24) is 10.3 Å². The summed E-state index contributed by atoms with van der Waals surface area (Å²) < 4.78 is 0. The molecule has 106 valence electrons. The summed E-state index contributed by atoms with van der Waals surface area (Å²) in [4.78, 5) is 4.26. The van der Waals surface area contributed by atoms with Crippen LogP contribution in [0.3, 0.4) is 0 Å². The van der Waals surface area contributed by atoms with Gasteiger partial charge in [-0.25, -0.2) is 0 Å². The molecule has 3 aromatic rings. The van der Waals surface area contributed by atoms with E-state index in [0.717, 1.165) is 6.42 Å². The van der Waals surface area contributed by atoms with Crippen LogP contribution in [0.15, 0.2) is 60.9 Å². The molecular weight excluding hydrogens is 256 g/mol. The molecule has 0 fully saturated rings. The molecule has 0 aliphatic rings. The highest BCUT2D eigenvalue weighted by Crippen LogP contribution is 2.28. The van der Waals surface area contributed by atoms with Crippen molar-refractivity contribution in [3.63, 3.8) is 0 Å². The molecule has 0 amide bonds. The standard InChI is InChI=1S/C19H20N2/c1-14(20-2)12-15-6-8-17(9-7-15)18-5-3-4-16-10-11-21-13-19(16)18/h3-11,13-14,20H,12H2,1-2H3. The number of hydrogen-bond donors (Lipinski definition) is 1. The molecule has 1 aromatic heterocycles. The molecule has 0 saturated carbocycles. The van der Waals surface area contributed by atoms with Crippen molar-refractivity contribution >= 4 is 10.8 Å². The fraction of sp³-hybridized carbons (Fsp3) is 0.211. The third-order valence-electron chi connectivity index (χ3n) is 3.98. The van der Waals surface area contributed by atoms with Gasteiger partial charge in [-0.2, -0.15) is 0 Å². The molecule has 0 saturated heterocycles. The van der Waals surface area contributed by atoms with Crippen molar-refractivity contribution < 1.29 is 0 Å². The molecule has 1 atom stereocenters. The van der Waals surface area contributed by atoms with E-state index in [9.17, 15) is 0 Å². The summed E-state index contributed by atoms with van der Waals surface area (Å²) in [5.74, 6) is 0. The Balaban J connectivity index is 1.96. The van der Waals surface area contributed by atoms with Gasteiger partial charge in [-0.3, -0.25) is 4.98 Å². The topological polar surface area (TPSA) is 24.9 Å². The first-order valence-corrected chi connectivity index (χ1v) is 7.37. The zero-order chi connectivity index (χ0) is 14.7. The minimum Gasteiger partial charge on any atom is -0.317 e. The predicted octanol–water partition coefficient (Wildman–Crippen LogP) is 4.05. The van der Waals surface area contributed by atoms with Gasteiger partial charge in [0.25, 0.3) is 0 Å². The third kappa shape index (κ3) is 2.96. The first-order valence-electron chi connectivity index (χ1n) is 7.37. The number of pyridine rings is 1. The summed E-state index contributed by atoms with van der Waals surface area (Å²) in [7, 11) is 2.00. The Morgan fingerprint density at radius 3 is 2.62 bits per heavy atom. The van der Waals surface area contributed by atoms with Crippen molar-refractivity contribution in [2.24, 2.45) is 0 Å². The van der Waals surface area contributed by atoms with Crippen LogP contribution < -0.4 is 5.32 Å². The Kier molecular flexibility index (Phi) is 3.98. The van der Waals surface area contributed by atoms with Gasteiger partial charge in [-0.15, -0.1) is 0 Å². The smallest absolute Gasteiger partial charge is 0.0352 e. The maximum Gasteiger partial charge on any atom is 0.0352 e. The molecule has 1 heterocycles. The monoisotopic (exact) mass is 276 g/mol. The minimum absolute atomic E-state index is 0.498. The number of fused-ring (bicyclic) bond motifs is 1. The second-order valence-electron chi connectivity index (χ2n) is 5.49. The van der Waals surface area contributed by atoms with Crippen LogP contribution in [0.5, 0.6) is 0 Å². The van der Waals surface area contributed by atoms with E-state index in [-0.39, 0.29) is 0 Å². The Morgan fingerprint density at radius 1 is 1.05 bits per heavy atom. The van der Waals surface area contributed by atoms with E-state index in [2.05, 4.69) is 65.8 Å². The summed E-state index contributed by atoms with van der Waals surface area (Å²) in [6, 6.07) is 17.8. The largest absolute Gasteiger partial charge is 0.317 e. The molecule has 2 heteroatoms. The Hall–Kier alpha value is -2.19. The average Bonchev–Trinajstić information content (AvgIpc) is 2.55. The number of likely N-dealkylation sites (N-methyl/N-ethyl adjacent to an activating group) is 1. The molecule has 0 bridgehead atoms. The highest BCUT2D eigenvalue weighted by Gasteiger charge is 2.05. The van der Waals surface area contributed by atoms with Crippen LogP contribution >= 0.6 is 0 Å². The van der Waals surface area contributed by atoms with Crippen molar-refractivity contribution in [3.8, 4) is 11.1 Å². The lowest BCUT2D eigenvalue weighted by atomic mass is 9.97. The number of aromatic nitrogens is 1. The third-order valence-corrected chi connectivity index (χ3v) is 3.98. The Morgan fingerprint density at radius 2 is 1.86 bits per heavy atom. The normalized spacial score (nSPS) is 12.5. The zero-order valence-corrected chi connectivity index (χ0v) is 12.5. The number of nitrogens with one attached hydrogen (secondary N) is 1. The Labute approximate surface area is 125 Å². The second-order valence-corrected chi connectivity index (χ2v) is 5.49. The summed E-state index contributed by atoms with van der Waals surface area (Å²) >= 11 is 0. The van der Waals surface area contributed by atoms with Crippen molar-refractivity contribution in [3.05, 3.63) is 66.5 Å². The van der Waals surface area contributed by atoms with Crippen LogP contribution in [0.25, 0.3) is 21.9 Å². The first kappa shape index (κ1) is 13.8. The average molecular weight is 276 g/mol. The first-order chi connectivity index (χ1) is 10.3. The molecule has 1 unspecified atom stereocenters. The lowest BCUT2D eigenvalue weighted by molar-refractivity contribution is 0.608. The van der Waals surface area contributed by atoms with Gasteiger partial charge in [0.05, 0.1) is 0 Å². The van der Waals surface area contributed by atoms with E-state index in [1.165, 1.54) is 27.5 Å². The van der Waals surface area contributed by atoms with Crippen LogP contribution in [-0.2, 0) is 6.42 Å². The van der Waals surface area contributed by atoms with Crippen LogP contribution in [0, 0.1) is 0 Å². The number of hydrogen-bond acceptors (Lipinski definition) is 2. The summed E-state index contributed by atoms with van der Waals surface area (Å²) in [5, 5.41) is 5.71. The molecular formula is C19H20N2. The molecule has 2 nitrogen and oxygen atoms in total. The highest BCUT2D eigenvalue weighted by atomic mass is 14.8. The molecule has 0 aliphatic carbocycles. The van der Waals surface area contributed by atoms with E-state index < -0.39 is 0 Å². The van der Waals surface area contributed by atoms with E-state index >= 15 is 0 Å². The van der Waals surface area contributed by atoms with Gasteiger partial charge in [-0.1, -0.05) is 42.5 Å². The van der Waals surface area contributed by atoms with Crippen molar-refractivity contribution in [2.75, 3.05) is 7.05 Å². The van der Waals surface area contributed by atoms with Gasteiger partial charge in [0.15, 0.2) is 0 Å². The number of benzene rings is 2. The van der Waals surface area contributed by atoms with Crippen molar-refractivity contribution in [2.45, 2.75) is 19.4 Å². The number of nitrogens with zero attached hydrogens (tertiary/aromatic N) is 1. The molecule has 0 radical (unpaired) electrons. The van der Waals surface area contributed by atoms with Gasteiger partial charge >= 0.3 is 0 Å². The van der Waals surface area contributed by atoms with Crippen LogP contribution in [0.2, 0.25) is 0 Å². The quantitative estimate of drug-likeness (QED) is 0.777. The van der Waals surface area contributed by atoms with Gasteiger partial charge in [-0.05, 0) is 48.5 Å². The molecule has 3 rings (SSSR count). The summed E-state index contributed by atoms with van der Waals surface area (Å²) in [5.41, 5.74) is 3.85. The fourth-order valence-electron chi connectivity index (χ4n) is 2.64. The highest BCUT2D eigenvalue weighted by molar-refractivity contribution is 5.95. The molecule has 1 N–H and O–H groups in total. The SMILES string of the molecule is CNC(C)Cc1ccc(-c2cccc3ccncc23)cc1. The van der Waals surface area contributed by atoms with Gasteiger partial charge < -0.3 is 5.32 Å². The second kappa shape index (κ2) is 6.06. The van der Waals surface area contributed by atoms with Gasteiger partial charge in [0, 0.05) is 23.8 Å². The van der Waals surface area contributed by atoms with E-state index in [1.54, 1.807) is 0 Å². The van der Waals surface area contributed by atoms with Gasteiger partial charge in [0.2, 0.25) is 0 Å². The Bertz CT molecular complexity index is 727. The lowest BCUT2D eigenvalue weighted by Crippen LogP contribution is -2.23. The summed E-state index contributed by atoms with van der Waals surface area (Å²) in [6.07, 6.45) is 4.84. The van der Waals surface area contributed by atoms with E-state index in [0.29, 0.717) is 6.04 Å². The summed E-state index contributed by atoms with van der Waals surface area (Å²) in [6.45, 7) is 2.20. The minimum atomic E-state index is 0.498. The lowest BCUT2D eigenvalue weighted by Gasteiger charge is -2.11. The van der Waals surface area contributed by atoms with Crippen LogP contribution in [0.1, 0.15) is 12.5 Å². The molecule has 0 spiro atoms. The fourth-order valence-corrected chi connectivity index (χ4v) is 2.64. The van der Waals surface area contributed by atoms with Gasteiger partial charge in [0.1, 0.15) is 0 Å². The van der Waals surface area contributed by atoms with E-state index in [1.807, 2.05) is 19.4 Å². The maximum atomic E-state index is 4.26. The molecule has 2 aromatic carbocycles. The van der Waals surface area contributed by atoms with Crippen LogP contribution in [-0.4, -0.2) is 18.1 Å². The van der Waals surface area contributed by atoms with Crippen molar-refractivity contribution in [1.29, 1.82) is 0 Å². The maximum absolute atomic E-state index is 4.26. The zero-order valence-electron chi connectivity index (χ0n) is 12.5.